The minimum atomic E-state index is -0.0909. The molecule has 1 fully saturated rings. The number of amides is 2. The van der Waals surface area contributed by atoms with Crippen molar-refractivity contribution in [2.24, 2.45) is 7.05 Å². The van der Waals surface area contributed by atoms with Crippen molar-refractivity contribution in [3.63, 3.8) is 0 Å². The lowest BCUT2D eigenvalue weighted by molar-refractivity contribution is -0.126. The molecule has 0 radical (unpaired) electrons. The molecule has 2 heterocycles. The van der Waals surface area contributed by atoms with E-state index in [0.717, 1.165) is 38.2 Å². The van der Waals surface area contributed by atoms with Gasteiger partial charge in [0.2, 0.25) is 11.8 Å². The molecule has 0 aliphatic carbocycles. The van der Waals surface area contributed by atoms with E-state index in [4.69, 9.17) is 0 Å². The third-order valence-electron chi connectivity index (χ3n) is 6.66. The maximum Gasteiger partial charge on any atom is 0.237 e. The van der Waals surface area contributed by atoms with Crippen molar-refractivity contribution in [1.82, 2.24) is 25.1 Å². The Labute approximate surface area is 201 Å². The Balaban J connectivity index is 1.44. The van der Waals surface area contributed by atoms with Crippen molar-refractivity contribution in [2.75, 3.05) is 19.6 Å². The molecule has 1 aliphatic rings. The molecule has 0 bridgehead atoms. The van der Waals surface area contributed by atoms with Gasteiger partial charge in [-0.15, -0.1) is 0 Å². The van der Waals surface area contributed by atoms with Crippen molar-refractivity contribution in [3.8, 4) is 0 Å². The molecule has 2 amide bonds. The fourth-order valence-electron chi connectivity index (χ4n) is 4.55. The number of nitrogens with one attached hydrogen (secondary N) is 2. The normalized spacial score (nSPS) is 16.2. The van der Waals surface area contributed by atoms with Gasteiger partial charge in [-0.3, -0.25) is 14.5 Å². The molecule has 0 aromatic carbocycles. The molecule has 1 aromatic rings. The van der Waals surface area contributed by atoms with Gasteiger partial charge in [0.05, 0.1) is 12.6 Å². The van der Waals surface area contributed by atoms with Crippen LogP contribution in [0.1, 0.15) is 103 Å². The molecule has 0 unspecified atom stereocenters. The second-order valence-corrected chi connectivity index (χ2v) is 9.51. The molecular weight excluding hydrogens is 414 g/mol. The topological polar surface area (TPSA) is 79.3 Å². The van der Waals surface area contributed by atoms with Crippen LogP contribution in [0.15, 0.2) is 12.4 Å². The van der Waals surface area contributed by atoms with Crippen LogP contribution < -0.4 is 10.6 Å². The minimum absolute atomic E-state index is 0.0764. The van der Waals surface area contributed by atoms with Crippen molar-refractivity contribution >= 4 is 11.8 Å². The molecule has 2 rings (SSSR count). The summed E-state index contributed by atoms with van der Waals surface area (Å²) < 4.78 is 2.00. The molecule has 1 aromatic heterocycles. The smallest absolute Gasteiger partial charge is 0.237 e. The van der Waals surface area contributed by atoms with Crippen LogP contribution >= 0.6 is 0 Å². The number of rotatable bonds is 18. The summed E-state index contributed by atoms with van der Waals surface area (Å²) in [6, 6.07) is -0.0909. The molecule has 0 spiro atoms. The summed E-state index contributed by atoms with van der Waals surface area (Å²) >= 11 is 0. The first kappa shape index (κ1) is 27.4. The average Bonchev–Trinajstić information content (AvgIpc) is 3.44. The van der Waals surface area contributed by atoms with E-state index in [1.54, 1.807) is 6.20 Å². The number of carbonyl (C=O) groups is 2. The largest absolute Gasteiger partial charge is 0.356 e. The van der Waals surface area contributed by atoms with E-state index in [2.05, 4.69) is 27.4 Å². The minimum Gasteiger partial charge on any atom is -0.356 e. The highest BCUT2D eigenvalue weighted by Crippen LogP contribution is 2.19. The lowest BCUT2D eigenvalue weighted by Gasteiger charge is -2.23. The van der Waals surface area contributed by atoms with Crippen LogP contribution in [0.3, 0.4) is 0 Å². The Bertz CT molecular complexity index is 675. The van der Waals surface area contributed by atoms with Crippen LogP contribution in [-0.2, 0) is 23.2 Å². The first-order chi connectivity index (χ1) is 16.1. The van der Waals surface area contributed by atoms with Gasteiger partial charge in [0.25, 0.3) is 0 Å². The highest BCUT2D eigenvalue weighted by molar-refractivity contribution is 5.82. The Hall–Kier alpha value is -1.89. The Morgan fingerprint density at radius 1 is 0.970 bits per heavy atom. The van der Waals surface area contributed by atoms with E-state index in [9.17, 15) is 9.59 Å². The first-order valence-electron chi connectivity index (χ1n) is 13.4. The Kier molecular flexibility index (Phi) is 13.8. The molecule has 188 valence electrons. The zero-order valence-electron chi connectivity index (χ0n) is 21.1. The van der Waals surface area contributed by atoms with Gasteiger partial charge in [0, 0.05) is 39.0 Å². The zero-order chi connectivity index (χ0) is 23.7. The fraction of sp³-hybridized carbons (Fsp3) is 0.808. The van der Waals surface area contributed by atoms with E-state index in [1.807, 2.05) is 17.8 Å². The SMILES string of the molecule is CCCCCCCCCCCCNC(=O)CCCNC(=O)[C@@H]1CCCN1Cc1nccn1C. The van der Waals surface area contributed by atoms with Crippen LogP contribution in [0.4, 0.5) is 0 Å². The van der Waals surface area contributed by atoms with E-state index >= 15 is 0 Å². The zero-order valence-corrected chi connectivity index (χ0v) is 21.1. The molecule has 33 heavy (non-hydrogen) atoms. The number of imidazole rings is 1. The fourth-order valence-corrected chi connectivity index (χ4v) is 4.55. The number of hydrogen-bond donors (Lipinski definition) is 2. The molecular formula is C26H47N5O2. The maximum absolute atomic E-state index is 12.6. The molecule has 2 N–H and O–H groups in total. The van der Waals surface area contributed by atoms with Gasteiger partial charge in [0.15, 0.2) is 0 Å². The predicted octanol–water partition coefficient (Wildman–Crippen LogP) is 4.32. The Morgan fingerprint density at radius 3 is 2.30 bits per heavy atom. The third-order valence-corrected chi connectivity index (χ3v) is 6.66. The van der Waals surface area contributed by atoms with E-state index in [0.29, 0.717) is 25.9 Å². The summed E-state index contributed by atoms with van der Waals surface area (Å²) in [5.41, 5.74) is 0. The van der Waals surface area contributed by atoms with Crippen molar-refractivity contribution in [3.05, 3.63) is 18.2 Å². The number of unbranched alkanes of at least 4 members (excludes halogenated alkanes) is 9. The van der Waals surface area contributed by atoms with Crippen LogP contribution in [-0.4, -0.2) is 51.9 Å². The monoisotopic (exact) mass is 461 g/mol. The number of nitrogens with zero attached hydrogens (tertiary/aromatic N) is 3. The number of carbonyl (C=O) groups excluding carboxylic acids is 2. The highest BCUT2D eigenvalue weighted by Gasteiger charge is 2.31. The Morgan fingerprint density at radius 2 is 1.64 bits per heavy atom. The molecule has 1 atom stereocenters. The van der Waals surface area contributed by atoms with Gasteiger partial charge in [-0.25, -0.2) is 4.98 Å². The summed E-state index contributed by atoms with van der Waals surface area (Å²) in [6.07, 6.45) is 19.8. The van der Waals surface area contributed by atoms with E-state index < -0.39 is 0 Å². The number of likely N-dealkylation sites (tertiary alicyclic amines) is 1. The molecule has 7 heteroatoms. The lowest BCUT2D eigenvalue weighted by Crippen LogP contribution is -2.43. The highest BCUT2D eigenvalue weighted by atomic mass is 16.2. The molecule has 7 nitrogen and oxygen atoms in total. The van der Waals surface area contributed by atoms with Gasteiger partial charge in [-0.1, -0.05) is 64.7 Å². The van der Waals surface area contributed by atoms with Gasteiger partial charge in [-0.05, 0) is 32.2 Å². The van der Waals surface area contributed by atoms with Gasteiger partial charge < -0.3 is 15.2 Å². The third kappa shape index (κ3) is 11.2. The number of aromatic nitrogens is 2. The van der Waals surface area contributed by atoms with Crippen molar-refractivity contribution in [2.45, 2.75) is 109 Å². The van der Waals surface area contributed by atoms with Crippen LogP contribution in [0, 0.1) is 0 Å². The lowest BCUT2D eigenvalue weighted by atomic mass is 10.1. The summed E-state index contributed by atoms with van der Waals surface area (Å²) in [7, 11) is 1.98. The van der Waals surface area contributed by atoms with Crippen molar-refractivity contribution in [1.29, 1.82) is 0 Å². The summed E-state index contributed by atoms with van der Waals surface area (Å²) in [5, 5.41) is 6.05. The van der Waals surface area contributed by atoms with Gasteiger partial charge in [0.1, 0.15) is 5.82 Å². The molecule has 1 saturated heterocycles. The van der Waals surface area contributed by atoms with Crippen LogP contribution in [0.5, 0.6) is 0 Å². The summed E-state index contributed by atoms with van der Waals surface area (Å²) in [6.45, 7) is 5.20. The first-order valence-corrected chi connectivity index (χ1v) is 13.4. The second-order valence-electron chi connectivity index (χ2n) is 9.51. The molecule has 0 saturated carbocycles. The van der Waals surface area contributed by atoms with Crippen molar-refractivity contribution < 1.29 is 9.59 Å². The van der Waals surface area contributed by atoms with E-state index in [-0.39, 0.29) is 17.9 Å². The van der Waals surface area contributed by atoms with Crippen LogP contribution in [0.2, 0.25) is 0 Å². The van der Waals surface area contributed by atoms with Gasteiger partial charge in [-0.2, -0.15) is 0 Å². The number of hydrogen-bond acceptors (Lipinski definition) is 4. The predicted molar refractivity (Wildman–Crippen MR) is 134 cm³/mol. The quantitative estimate of drug-likeness (QED) is 0.319. The summed E-state index contributed by atoms with van der Waals surface area (Å²) in [5.74, 6) is 1.15. The van der Waals surface area contributed by atoms with E-state index in [1.165, 1.54) is 57.8 Å². The maximum atomic E-state index is 12.6. The molecule has 1 aliphatic heterocycles. The standard InChI is InChI=1S/C26H47N5O2/c1-3-4-5-6-7-8-9-10-11-12-17-28-25(32)16-13-18-29-26(33)23-15-14-20-31(23)22-24-27-19-21-30(24)2/h19,21,23H,3-18,20,22H2,1-2H3,(H,28,32)(H,29,33)/t23-/m0/s1. The average molecular weight is 462 g/mol. The van der Waals surface area contributed by atoms with Crippen LogP contribution in [0.25, 0.3) is 0 Å². The number of aryl methyl sites for hydroxylation is 1. The van der Waals surface area contributed by atoms with Gasteiger partial charge >= 0.3 is 0 Å². The second kappa shape index (κ2) is 16.7. The summed E-state index contributed by atoms with van der Waals surface area (Å²) in [4.78, 5) is 31.2.